The molecule has 1 heterocycles. The molecule has 0 radical (unpaired) electrons. The molecule has 82 valence electrons. The summed E-state index contributed by atoms with van der Waals surface area (Å²) < 4.78 is 24.7. The van der Waals surface area contributed by atoms with Crippen LogP contribution < -0.4 is 0 Å². The van der Waals surface area contributed by atoms with Gasteiger partial charge in [0.2, 0.25) is 0 Å². The molecule has 15 heavy (non-hydrogen) atoms. The van der Waals surface area contributed by atoms with E-state index in [1.165, 1.54) is 11.7 Å². The third-order valence-corrected chi connectivity index (χ3v) is 4.13. The summed E-state index contributed by atoms with van der Waals surface area (Å²) in [5.74, 6) is -0.195. The van der Waals surface area contributed by atoms with Gasteiger partial charge in [-0.3, -0.25) is 4.68 Å². The van der Waals surface area contributed by atoms with Crippen molar-refractivity contribution in [2.24, 2.45) is 7.05 Å². The van der Waals surface area contributed by atoms with E-state index in [-0.39, 0.29) is 22.2 Å². The van der Waals surface area contributed by atoms with E-state index in [1.54, 1.807) is 6.92 Å². The second kappa shape index (κ2) is 4.21. The van der Waals surface area contributed by atoms with Crippen molar-refractivity contribution in [3.05, 3.63) is 11.3 Å². The van der Waals surface area contributed by atoms with E-state index >= 15 is 0 Å². The lowest BCUT2D eigenvalue weighted by molar-refractivity contribution is 0.577. The summed E-state index contributed by atoms with van der Waals surface area (Å²) in [6.45, 7) is 1.60. The van der Waals surface area contributed by atoms with Crippen LogP contribution in [-0.2, 0) is 16.9 Å². The maximum Gasteiger partial charge on any atom is 0.197 e. The number of hydrogen-bond acceptors (Lipinski definition) is 4. The Morgan fingerprint density at radius 2 is 2.20 bits per heavy atom. The summed E-state index contributed by atoms with van der Waals surface area (Å²) in [5, 5.41) is 12.7. The Labute approximate surface area is 93.2 Å². The molecule has 7 heteroatoms. The van der Waals surface area contributed by atoms with Gasteiger partial charge in [0, 0.05) is 12.9 Å². The second-order valence-corrected chi connectivity index (χ2v) is 5.41. The van der Waals surface area contributed by atoms with Gasteiger partial charge >= 0.3 is 0 Å². The molecule has 0 aliphatic heterocycles. The molecule has 0 aliphatic carbocycles. The average molecular weight is 248 g/mol. The fourth-order valence-corrected chi connectivity index (χ4v) is 3.27. The first-order chi connectivity index (χ1) is 6.94. The number of rotatable bonds is 3. The third kappa shape index (κ3) is 2.13. The molecule has 0 amide bonds. The number of nitrogens with zero attached hydrogens (tertiary/aromatic N) is 3. The maximum atomic E-state index is 11.7. The number of hydrogen-bond donors (Lipinski definition) is 0. The zero-order valence-electron chi connectivity index (χ0n) is 8.36. The van der Waals surface area contributed by atoms with Gasteiger partial charge in [-0.25, -0.2) is 8.42 Å². The number of aryl methyl sites for hydroxylation is 2. The fraction of sp³-hybridized carbons (Fsp3) is 0.500. The second-order valence-electron chi connectivity index (χ2n) is 3.01. The highest BCUT2D eigenvalue weighted by Crippen LogP contribution is 2.18. The largest absolute Gasteiger partial charge is 0.256 e. The fourth-order valence-electron chi connectivity index (χ4n) is 1.32. The predicted molar refractivity (Wildman–Crippen MR) is 55.4 cm³/mol. The first kappa shape index (κ1) is 12.0. The summed E-state index contributed by atoms with van der Waals surface area (Å²) >= 11 is 5.40. The van der Waals surface area contributed by atoms with Gasteiger partial charge in [-0.05, 0) is 6.92 Å². The molecular weight excluding hydrogens is 238 g/mol. The summed E-state index contributed by atoms with van der Waals surface area (Å²) in [6, 6.07) is 1.84. The lowest BCUT2D eigenvalue weighted by Gasteiger charge is -2.02. The van der Waals surface area contributed by atoms with Crippen molar-refractivity contribution in [2.75, 3.05) is 11.6 Å². The molecule has 0 atom stereocenters. The van der Waals surface area contributed by atoms with Crippen LogP contribution in [0.5, 0.6) is 0 Å². The van der Waals surface area contributed by atoms with Crippen LogP contribution >= 0.6 is 11.6 Å². The molecule has 0 aromatic carbocycles. The zero-order valence-corrected chi connectivity index (χ0v) is 9.93. The van der Waals surface area contributed by atoms with Crippen LogP contribution in [0.3, 0.4) is 0 Å². The van der Waals surface area contributed by atoms with Crippen molar-refractivity contribution < 1.29 is 8.42 Å². The van der Waals surface area contributed by atoms with Crippen LogP contribution in [0.15, 0.2) is 5.03 Å². The van der Waals surface area contributed by atoms with Crippen LogP contribution in [0.25, 0.3) is 0 Å². The van der Waals surface area contributed by atoms with E-state index < -0.39 is 9.84 Å². The molecule has 0 N–H and O–H groups in total. The van der Waals surface area contributed by atoms with Crippen LogP contribution in [0.4, 0.5) is 0 Å². The Bertz CT molecular complexity index is 513. The third-order valence-electron chi connectivity index (χ3n) is 1.92. The molecule has 1 rings (SSSR count). The Kier molecular flexibility index (Phi) is 3.37. The standard InChI is InChI=1S/C8H10ClN3O2S/c1-6-7(5-10)8(12(2)11-6)15(13,14)4-3-9/h3-4H2,1-2H3. The maximum absolute atomic E-state index is 11.7. The molecule has 1 aromatic heterocycles. The topological polar surface area (TPSA) is 75.8 Å². The smallest absolute Gasteiger partial charge is 0.197 e. The molecule has 0 bridgehead atoms. The van der Waals surface area contributed by atoms with Crippen molar-refractivity contribution in [3.63, 3.8) is 0 Å². The van der Waals surface area contributed by atoms with Gasteiger partial charge in [-0.15, -0.1) is 11.6 Å². The van der Waals surface area contributed by atoms with E-state index in [1.807, 2.05) is 6.07 Å². The van der Waals surface area contributed by atoms with E-state index in [0.717, 1.165) is 0 Å². The van der Waals surface area contributed by atoms with Crippen molar-refractivity contribution in [3.8, 4) is 6.07 Å². The van der Waals surface area contributed by atoms with Gasteiger partial charge in [-0.1, -0.05) is 0 Å². The average Bonchev–Trinajstić information content (AvgIpc) is 2.40. The van der Waals surface area contributed by atoms with Crippen LogP contribution in [0.2, 0.25) is 0 Å². The van der Waals surface area contributed by atoms with Crippen molar-refractivity contribution >= 4 is 21.4 Å². The van der Waals surface area contributed by atoms with Gasteiger partial charge in [-0.2, -0.15) is 10.4 Å². The number of sulfone groups is 1. The molecule has 0 fully saturated rings. The van der Waals surface area contributed by atoms with Crippen LogP contribution in [0.1, 0.15) is 11.3 Å². The number of aromatic nitrogens is 2. The molecule has 0 spiro atoms. The van der Waals surface area contributed by atoms with Crippen molar-refractivity contribution in [2.45, 2.75) is 11.9 Å². The predicted octanol–water partition coefficient (Wildman–Crippen LogP) is 0.613. The van der Waals surface area contributed by atoms with E-state index in [0.29, 0.717) is 5.69 Å². The SMILES string of the molecule is Cc1nn(C)c(S(=O)(=O)CCCl)c1C#N. The Balaban J connectivity index is 3.45. The van der Waals surface area contributed by atoms with Crippen LogP contribution in [0, 0.1) is 18.3 Å². The minimum atomic E-state index is -3.52. The summed E-state index contributed by atoms with van der Waals surface area (Å²) in [4.78, 5) is 0. The zero-order chi connectivity index (χ0) is 11.6. The monoisotopic (exact) mass is 247 g/mol. The number of alkyl halides is 1. The Hall–Kier alpha value is -1.06. The minimum Gasteiger partial charge on any atom is -0.256 e. The Morgan fingerprint density at radius 3 is 2.67 bits per heavy atom. The molecule has 0 saturated heterocycles. The van der Waals surface area contributed by atoms with Crippen molar-refractivity contribution in [1.29, 1.82) is 5.26 Å². The Morgan fingerprint density at radius 1 is 1.60 bits per heavy atom. The molecule has 0 aliphatic rings. The van der Waals surface area contributed by atoms with Gasteiger partial charge in [0.25, 0.3) is 0 Å². The van der Waals surface area contributed by atoms with E-state index in [2.05, 4.69) is 5.10 Å². The van der Waals surface area contributed by atoms with Crippen LogP contribution in [-0.4, -0.2) is 29.8 Å². The van der Waals surface area contributed by atoms with Gasteiger partial charge in [0.1, 0.15) is 11.6 Å². The lowest BCUT2D eigenvalue weighted by Crippen LogP contribution is -2.13. The highest BCUT2D eigenvalue weighted by molar-refractivity contribution is 7.91. The molecular formula is C8H10ClN3O2S. The highest BCUT2D eigenvalue weighted by atomic mass is 35.5. The van der Waals surface area contributed by atoms with Gasteiger partial charge < -0.3 is 0 Å². The minimum absolute atomic E-state index is 0.00255. The van der Waals surface area contributed by atoms with E-state index in [9.17, 15) is 8.42 Å². The normalized spacial score (nSPS) is 11.3. The quantitative estimate of drug-likeness (QED) is 0.734. The molecule has 0 unspecified atom stereocenters. The van der Waals surface area contributed by atoms with E-state index in [4.69, 9.17) is 16.9 Å². The lowest BCUT2D eigenvalue weighted by atomic mass is 10.3. The highest BCUT2D eigenvalue weighted by Gasteiger charge is 2.25. The van der Waals surface area contributed by atoms with Crippen molar-refractivity contribution in [1.82, 2.24) is 9.78 Å². The summed E-state index contributed by atoms with van der Waals surface area (Å²) in [5.41, 5.74) is 0.510. The number of halogens is 1. The molecule has 0 saturated carbocycles. The molecule has 5 nitrogen and oxygen atoms in total. The summed E-state index contributed by atoms with van der Waals surface area (Å²) in [7, 11) is -2.02. The first-order valence-corrected chi connectivity index (χ1v) is 6.35. The summed E-state index contributed by atoms with van der Waals surface area (Å²) in [6.07, 6.45) is 0. The number of nitriles is 1. The van der Waals surface area contributed by atoms with Gasteiger partial charge in [0.15, 0.2) is 14.9 Å². The van der Waals surface area contributed by atoms with Gasteiger partial charge in [0.05, 0.1) is 11.4 Å². The first-order valence-electron chi connectivity index (χ1n) is 4.16. The molecule has 1 aromatic rings.